The number of benzene rings is 4. The molecule has 8 rings (SSSR count). The molecule has 2 heterocycles. The van der Waals surface area contributed by atoms with Crippen molar-refractivity contribution < 1.29 is 0 Å². The summed E-state index contributed by atoms with van der Waals surface area (Å²) in [5.41, 5.74) is 14.9. The molecule has 4 heteroatoms. The van der Waals surface area contributed by atoms with Gasteiger partial charge in [-0.25, -0.2) is 0 Å². The lowest BCUT2D eigenvalue weighted by atomic mass is 9.88. The highest BCUT2D eigenvalue weighted by Crippen LogP contribution is 2.44. The van der Waals surface area contributed by atoms with Crippen LogP contribution in [0.25, 0.3) is 68.0 Å². The molecular weight excluding hydrogens is 488 g/mol. The maximum absolute atomic E-state index is 5.08. The SMILES string of the molecule is Cc1nc2c(c(-c3nnnc(-c4ccccc4)c3-c3ccccc3)c1C)-c1ccc3c(c1=C2)=Cc1ccccc1-3. The Labute approximate surface area is 232 Å². The van der Waals surface area contributed by atoms with Crippen LogP contribution >= 0.6 is 0 Å². The molecule has 188 valence electrons. The molecule has 0 aliphatic heterocycles. The number of aryl methyl sites for hydroxylation is 1. The zero-order chi connectivity index (χ0) is 26.8. The Kier molecular flexibility index (Phi) is 4.92. The summed E-state index contributed by atoms with van der Waals surface area (Å²) in [5.74, 6) is 0. The molecule has 0 unspecified atom stereocenters. The summed E-state index contributed by atoms with van der Waals surface area (Å²) in [6, 6.07) is 33.7. The van der Waals surface area contributed by atoms with Gasteiger partial charge < -0.3 is 0 Å². The minimum absolute atomic E-state index is 0.819. The number of pyridine rings is 1. The van der Waals surface area contributed by atoms with Crippen molar-refractivity contribution in [3.8, 4) is 55.9 Å². The molecule has 0 atom stereocenters. The summed E-state index contributed by atoms with van der Waals surface area (Å²) in [4.78, 5) is 5.08. The normalized spacial score (nSPS) is 12.2. The van der Waals surface area contributed by atoms with E-state index in [0.29, 0.717) is 0 Å². The van der Waals surface area contributed by atoms with Crippen molar-refractivity contribution in [2.24, 2.45) is 0 Å². The standard InChI is InChI=1S/C36H24N4/c1-21-22(2)37-31-20-30-28(18-17-27-26-16-10-9-15-25(26)19-29(27)30)34(31)32(21)36-33(23-11-5-3-6-12-23)35(38-40-39-36)24-13-7-4-8-14-24/h3-20H,1-2H3. The van der Waals surface area contributed by atoms with Crippen LogP contribution in [-0.2, 0) is 0 Å². The zero-order valence-corrected chi connectivity index (χ0v) is 22.2. The van der Waals surface area contributed by atoms with Gasteiger partial charge in [-0.15, -0.1) is 10.2 Å². The molecule has 0 spiro atoms. The smallest absolute Gasteiger partial charge is 0.106 e. The van der Waals surface area contributed by atoms with Crippen molar-refractivity contribution in [1.29, 1.82) is 0 Å². The third-order valence-corrected chi connectivity index (χ3v) is 8.21. The highest BCUT2D eigenvalue weighted by atomic mass is 15.3. The zero-order valence-electron chi connectivity index (χ0n) is 22.2. The maximum atomic E-state index is 5.08. The predicted octanol–water partition coefficient (Wildman–Crippen LogP) is 6.50. The van der Waals surface area contributed by atoms with Gasteiger partial charge in [0.15, 0.2) is 0 Å². The number of nitrogens with zero attached hydrogens (tertiary/aromatic N) is 4. The first-order valence-electron chi connectivity index (χ1n) is 13.5. The van der Waals surface area contributed by atoms with E-state index in [2.05, 4.69) is 109 Å². The second-order valence-corrected chi connectivity index (χ2v) is 10.4. The molecule has 2 aliphatic carbocycles. The van der Waals surface area contributed by atoms with Crippen LogP contribution in [0.2, 0.25) is 0 Å². The molecule has 2 aromatic heterocycles. The summed E-state index contributed by atoms with van der Waals surface area (Å²) < 4.78 is 0. The van der Waals surface area contributed by atoms with Crippen molar-refractivity contribution in [2.75, 3.05) is 0 Å². The molecule has 0 bridgehead atoms. The van der Waals surface area contributed by atoms with Gasteiger partial charge in [0, 0.05) is 27.9 Å². The highest BCUT2D eigenvalue weighted by Gasteiger charge is 2.28. The molecule has 0 amide bonds. The first kappa shape index (κ1) is 22.7. The van der Waals surface area contributed by atoms with Crippen molar-refractivity contribution in [1.82, 2.24) is 20.4 Å². The average Bonchev–Trinajstić information content (AvgIpc) is 3.56. The predicted molar refractivity (Wildman–Crippen MR) is 161 cm³/mol. The third-order valence-electron chi connectivity index (χ3n) is 8.21. The van der Waals surface area contributed by atoms with Crippen molar-refractivity contribution in [2.45, 2.75) is 13.8 Å². The molecule has 40 heavy (non-hydrogen) atoms. The quantitative estimate of drug-likeness (QED) is 0.271. The molecule has 0 saturated heterocycles. The van der Waals surface area contributed by atoms with Crippen LogP contribution < -0.4 is 10.4 Å². The number of aromatic nitrogens is 4. The average molecular weight is 513 g/mol. The molecule has 0 N–H and O–H groups in total. The Morgan fingerprint density at radius 3 is 1.95 bits per heavy atom. The minimum atomic E-state index is 0.819. The highest BCUT2D eigenvalue weighted by molar-refractivity contribution is 6.00. The minimum Gasteiger partial charge on any atom is -0.253 e. The number of rotatable bonds is 3. The fraction of sp³-hybridized carbons (Fsp3) is 0.0556. The van der Waals surface area contributed by atoms with Crippen molar-refractivity contribution >= 4 is 12.2 Å². The van der Waals surface area contributed by atoms with Crippen LogP contribution in [0.5, 0.6) is 0 Å². The molecule has 2 aliphatic rings. The van der Waals surface area contributed by atoms with Gasteiger partial charge in [0.2, 0.25) is 0 Å². The first-order valence-corrected chi connectivity index (χ1v) is 13.5. The summed E-state index contributed by atoms with van der Waals surface area (Å²) in [5, 5.41) is 16.1. The fourth-order valence-corrected chi connectivity index (χ4v) is 6.23. The third kappa shape index (κ3) is 3.26. The largest absolute Gasteiger partial charge is 0.253 e. The second kappa shape index (κ2) is 8.65. The van der Waals surface area contributed by atoms with E-state index in [1.807, 2.05) is 24.3 Å². The van der Waals surface area contributed by atoms with Crippen LogP contribution in [0.4, 0.5) is 0 Å². The van der Waals surface area contributed by atoms with Crippen LogP contribution in [0, 0.1) is 13.8 Å². The van der Waals surface area contributed by atoms with Gasteiger partial charge in [0.1, 0.15) is 11.4 Å². The van der Waals surface area contributed by atoms with E-state index < -0.39 is 0 Å². The Bertz CT molecular complexity index is 2110. The van der Waals surface area contributed by atoms with Gasteiger partial charge >= 0.3 is 0 Å². The fourth-order valence-electron chi connectivity index (χ4n) is 6.23. The Morgan fingerprint density at radius 1 is 0.500 bits per heavy atom. The van der Waals surface area contributed by atoms with Crippen molar-refractivity contribution in [3.05, 3.63) is 130 Å². The van der Waals surface area contributed by atoms with Crippen LogP contribution in [0.15, 0.2) is 97.1 Å². The van der Waals surface area contributed by atoms with Gasteiger partial charge in [0.25, 0.3) is 0 Å². The van der Waals surface area contributed by atoms with Gasteiger partial charge in [-0.3, -0.25) is 4.98 Å². The molecule has 0 saturated carbocycles. The van der Waals surface area contributed by atoms with Gasteiger partial charge in [0.05, 0.1) is 5.69 Å². The molecule has 4 aromatic carbocycles. The van der Waals surface area contributed by atoms with E-state index >= 15 is 0 Å². The molecule has 0 fully saturated rings. The lowest BCUT2D eigenvalue weighted by Gasteiger charge is -2.19. The van der Waals surface area contributed by atoms with Crippen molar-refractivity contribution in [3.63, 3.8) is 0 Å². The lowest BCUT2D eigenvalue weighted by molar-refractivity contribution is 0.877. The number of fused-ring (bicyclic) bond motifs is 7. The molecule has 0 radical (unpaired) electrons. The van der Waals surface area contributed by atoms with E-state index in [1.54, 1.807) is 0 Å². The van der Waals surface area contributed by atoms with Gasteiger partial charge in [-0.1, -0.05) is 97.1 Å². The Balaban J connectivity index is 1.45. The van der Waals surface area contributed by atoms with Gasteiger partial charge in [-0.2, -0.15) is 0 Å². The number of hydrogen-bond donors (Lipinski definition) is 0. The number of hydrogen-bond acceptors (Lipinski definition) is 4. The summed E-state index contributed by atoms with van der Waals surface area (Å²) >= 11 is 0. The Morgan fingerprint density at radius 2 is 1.15 bits per heavy atom. The topological polar surface area (TPSA) is 51.6 Å². The summed E-state index contributed by atoms with van der Waals surface area (Å²) in [6.45, 7) is 4.22. The summed E-state index contributed by atoms with van der Waals surface area (Å²) in [7, 11) is 0. The molecule has 6 aromatic rings. The van der Waals surface area contributed by atoms with Crippen LogP contribution in [-0.4, -0.2) is 20.4 Å². The summed E-state index contributed by atoms with van der Waals surface area (Å²) in [6.07, 6.45) is 4.55. The monoisotopic (exact) mass is 512 g/mol. The first-order chi connectivity index (χ1) is 19.7. The van der Waals surface area contributed by atoms with Crippen LogP contribution in [0.3, 0.4) is 0 Å². The van der Waals surface area contributed by atoms with Gasteiger partial charge in [-0.05, 0) is 75.0 Å². The second-order valence-electron chi connectivity index (χ2n) is 10.4. The molecule has 4 nitrogen and oxygen atoms in total. The van der Waals surface area contributed by atoms with E-state index in [9.17, 15) is 0 Å². The molecular formula is C36H24N4. The van der Waals surface area contributed by atoms with Crippen LogP contribution in [0.1, 0.15) is 22.5 Å². The van der Waals surface area contributed by atoms with E-state index in [1.165, 1.54) is 32.7 Å². The maximum Gasteiger partial charge on any atom is 0.106 e. The lowest BCUT2D eigenvalue weighted by Crippen LogP contribution is -2.25. The van der Waals surface area contributed by atoms with E-state index in [4.69, 9.17) is 10.1 Å². The van der Waals surface area contributed by atoms with E-state index in [0.717, 1.165) is 56.2 Å². The van der Waals surface area contributed by atoms with E-state index in [-0.39, 0.29) is 0 Å². The Hall–Kier alpha value is -5.22.